The number of nitrogens with zero attached hydrogens (tertiary/aromatic N) is 1. The summed E-state index contributed by atoms with van der Waals surface area (Å²) in [6.07, 6.45) is -3.54. The number of hydrogen-bond acceptors (Lipinski definition) is 2. The molecule has 0 aliphatic carbocycles. The van der Waals surface area contributed by atoms with E-state index in [0.717, 1.165) is 17.5 Å². The van der Waals surface area contributed by atoms with E-state index in [1.165, 1.54) is 11.1 Å². The van der Waals surface area contributed by atoms with Gasteiger partial charge in [0.05, 0.1) is 23.9 Å². The van der Waals surface area contributed by atoms with Crippen LogP contribution in [-0.4, -0.2) is 12.7 Å². The number of rotatable bonds is 4. The van der Waals surface area contributed by atoms with E-state index in [4.69, 9.17) is 5.26 Å². The Balaban J connectivity index is 1.82. The van der Waals surface area contributed by atoms with Crippen LogP contribution < -0.4 is 5.32 Å². The van der Waals surface area contributed by atoms with Gasteiger partial charge in [-0.1, -0.05) is 48.5 Å². The molecule has 1 N–H and O–H groups in total. The number of halogens is 3. The number of hydrogen-bond donors (Lipinski definition) is 1. The maximum Gasteiger partial charge on any atom is 0.393 e. The van der Waals surface area contributed by atoms with Crippen molar-refractivity contribution in [2.45, 2.75) is 37.9 Å². The van der Waals surface area contributed by atoms with Crippen LogP contribution in [0.4, 0.5) is 13.2 Å². The maximum atomic E-state index is 13.1. The van der Waals surface area contributed by atoms with Crippen molar-refractivity contribution >= 4 is 0 Å². The van der Waals surface area contributed by atoms with Gasteiger partial charge in [-0.3, -0.25) is 0 Å². The summed E-state index contributed by atoms with van der Waals surface area (Å²) in [5.41, 5.74) is 3.36. The third-order valence-corrected chi connectivity index (χ3v) is 5.29. The fourth-order valence-electron chi connectivity index (χ4n) is 3.68. The molecule has 0 aromatic heterocycles. The molecule has 1 aliphatic heterocycles. The normalized spacial score (nSPS) is 23.0. The number of nitriles is 1. The van der Waals surface area contributed by atoms with Crippen LogP contribution >= 0.6 is 0 Å². The molecule has 2 atom stereocenters. The van der Waals surface area contributed by atoms with Crippen molar-refractivity contribution < 1.29 is 13.2 Å². The van der Waals surface area contributed by atoms with Crippen LogP contribution in [-0.2, 0) is 12.0 Å². The molecule has 136 valence electrons. The lowest BCUT2D eigenvalue weighted by Crippen LogP contribution is -2.36. The minimum absolute atomic E-state index is 0.0245. The average molecular weight is 358 g/mol. The fourth-order valence-corrected chi connectivity index (χ4v) is 3.68. The van der Waals surface area contributed by atoms with Crippen molar-refractivity contribution in [2.75, 3.05) is 6.54 Å². The Morgan fingerprint density at radius 1 is 1.15 bits per heavy atom. The van der Waals surface area contributed by atoms with E-state index in [1.54, 1.807) is 0 Å². The van der Waals surface area contributed by atoms with E-state index in [9.17, 15) is 13.2 Å². The van der Waals surface area contributed by atoms with E-state index in [-0.39, 0.29) is 19.4 Å². The standard InChI is InChI=1S/C21H21F3N2/c1-15-4-2-3-5-17(15)12-16-6-8-18(9-7-16)20(10-11-25)13-19(14-26-20)21(22,23)24/h2-9,19,26H,10,12-14H2,1H3/t19-,20+/m0/s1. The second-order valence-electron chi connectivity index (χ2n) is 7.04. The molecule has 0 radical (unpaired) electrons. The van der Waals surface area contributed by atoms with Gasteiger partial charge in [0, 0.05) is 6.54 Å². The molecule has 0 saturated carbocycles. The van der Waals surface area contributed by atoms with E-state index in [2.05, 4.69) is 30.4 Å². The van der Waals surface area contributed by atoms with E-state index >= 15 is 0 Å². The van der Waals surface area contributed by atoms with Gasteiger partial charge >= 0.3 is 6.18 Å². The van der Waals surface area contributed by atoms with E-state index in [0.29, 0.717) is 0 Å². The Kier molecular flexibility index (Phi) is 5.06. The molecular formula is C21H21F3N2. The Morgan fingerprint density at radius 3 is 2.42 bits per heavy atom. The molecule has 0 spiro atoms. The Labute approximate surface area is 151 Å². The lowest BCUT2D eigenvalue weighted by atomic mass is 9.82. The summed E-state index contributed by atoms with van der Waals surface area (Å²) < 4.78 is 39.2. The number of benzene rings is 2. The molecule has 2 nitrogen and oxygen atoms in total. The van der Waals surface area contributed by atoms with Crippen LogP contribution in [0.5, 0.6) is 0 Å². The number of nitrogens with one attached hydrogen (secondary N) is 1. The highest BCUT2D eigenvalue weighted by Crippen LogP contribution is 2.43. The molecule has 0 unspecified atom stereocenters. The number of aryl methyl sites for hydroxylation is 1. The zero-order valence-electron chi connectivity index (χ0n) is 14.6. The van der Waals surface area contributed by atoms with Crippen molar-refractivity contribution in [3.63, 3.8) is 0 Å². The highest BCUT2D eigenvalue weighted by Gasteiger charge is 2.50. The lowest BCUT2D eigenvalue weighted by Gasteiger charge is -2.28. The Bertz CT molecular complexity index is 805. The molecule has 26 heavy (non-hydrogen) atoms. The van der Waals surface area contributed by atoms with Gasteiger partial charge in [0.25, 0.3) is 0 Å². The quantitative estimate of drug-likeness (QED) is 0.847. The van der Waals surface area contributed by atoms with Crippen molar-refractivity contribution in [2.24, 2.45) is 5.92 Å². The predicted molar refractivity (Wildman–Crippen MR) is 94.5 cm³/mol. The van der Waals surface area contributed by atoms with Crippen molar-refractivity contribution in [3.8, 4) is 6.07 Å². The van der Waals surface area contributed by atoms with Crippen molar-refractivity contribution in [1.29, 1.82) is 5.26 Å². The van der Waals surface area contributed by atoms with E-state index in [1.807, 2.05) is 36.4 Å². The van der Waals surface area contributed by atoms with Crippen LogP contribution in [0.3, 0.4) is 0 Å². The van der Waals surface area contributed by atoms with Gasteiger partial charge in [-0.2, -0.15) is 18.4 Å². The van der Waals surface area contributed by atoms with Crippen molar-refractivity contribution in [1.82, 2.24) is 5.32 Å². The van der Waals surface area contributed by atoms with Gasteiger partial charge in [-0.25, -0.2) is 0 Å². The Hall–Kier alpha value is -2.32. The second kappa shape index (κ2) is 7.13. The molecule has 1 fully saturated rings. The van der Waals surface area contributed by atoms with Crippen LogP contribution in [0.15, 0.2) is 48.5 Å². The predicted octanol–water partition coefficient (Wildman–Crippen LogP) is 4.87. The minimum atomic E-state index is -4.24. The van der Waals surface area contributed by atoms with E-state index < -0.39 is 17.6 Å². The smallest absolute Gasteiger partial charge is 0.306 e. The summed E-state index contributed by atoms with van der Waals surface area (Å²) in [6.45, 7) is 1.92. The molecule has 1 heterocycles. The molecule has 0 amide bonds. The lowest BCUT2D eigenvalue weighted by molar-refractivity contribution is -0.170. The highest BCUT2D eigenvalue weighted by atomic mass is 19.4. The summed E-state index contributed by atoms with van der Waals surface area (Å²) in [5, 5.41) is 12.1. The topological polar surface area (TPSA) is 35.8 Å². The third-order valence-electron chi connectivity index (χ3n) is 5.29. The van der Waals surface area contributed by atoms with Gasteiger partial charge in [-0.15, -0.1) is 0 Å². The summed E-state index contributed by atoms with van der Waals surface area (Å²) in [5.74, 6) is -1.41. The molecule has 2 aromatic carbocycles. The first-order valence-corrected chi connectivity index (χ1v) is 8.67. The summed E-state index contributed by atoms with van der Waals surface area (Å²) in [6, 6.07) is 17.8. The molecule has 1 aliphatic rings. The zero-order chi connectivity index (χ0) is 18.8. The maximum absolute atomic E-state index is 13.1. The zero-order valence-corrected chi connectivity index (χ0v) is 14.6. The van der Waals surface area contributed by atoms with Crippen LogP contribution in [0.1, 0.15) is 35.1 Å². The third kappa shape index (κ3) is 3.76. The first-order valence-electron chi connectivity index (χ1n) is 8.67. The summed E-state index contributed by atoms with van der Waals surface area (Å²) >= 11 is 0. The average Bonchev–Trinajstić information content (AvgIpc) is 3.04. The SMILES string of the molecule is Cc1ccccc1Cc1ccc([C@@]2(CC#N)C[C@H](C(F)(F)F)CN2)cc1. The summed E-state index contributed by atoms with van der Waals surface area (Å²) in [4.78, 5) is 0. The first kappa shape index (κ1) is 18.5. The van der Waals surface area contributed by atoms with Crippen molar-refractivity contribution in [3.05, 3.63) is 70.8 Å². The Morgan fingerprint density at radius 2 is 1.85 bits per heavy atom. The fraction of sp³-hybridized carbons (Fsp3) is 0.381. The van der Waals surface area contributed by atoms with Gasteiger partial charge in [-0.05, 0) is 42.0 Å². The van der Waals surface area contributed by atoms with Gasteiger partial charge in [0.2, 0.25) is 0 Å². The van der Waals surface area contributed by atoms with Gasteiger partial charge in [0.1, 0.15) is 0 Å². The van der Waals surface area contributed by atoms with Gasteiger partial charge in [0.15, 0.2) is 0 Å². The minimum Gasteiger partial charge on any atom is -0.306 e. The van der Waals surface area contributed by atoms with Crippen LogP contribution in [0, 0.1) is 24.2 Å². The molecule has 0 bridgehead atoms. The largest absolute Gasteiger partial charge is 0.393 e. The van der Waals surface area contributed by atoms with Gasteiger partial charge < -0.3 is 5.32 Å². The summed E-state index contributed by atoms with van der Waals surface area (Å²) in [7, 11) is 0. The molecule has 2 aromatic rings. The molecule has 3 rings (SSSR count). The molecule has 5 heteroatoms. The second-order valence-corrected chi connectivity index (χ2v) is 7.04. The first-order chi connectivity index (χ1) is 12.3. The van der Waals surface area contributed by atoms with Crippen LogP contribution in [0.25, 0.3) is 0 Å². The number of alkyl halides is 3. The molecular weight excluding hydrogens is 337 g/mol. The molecule has 1 saturated heterocycles. The monoisotopic (exact) mass is 358 g/mol. The highest BCUT2D eigenvalue weighted by molar-refractivity contribution is 5.36. The van der Waals surface area contributed by atoms with Crippen LogP contribution in [0.2, 0.25) is 0 Å².